The van der Waals surface area contributed by atoms with E-state index in [-0.39, 0.29) is 12.0 Å². The topological polar surface area (TPSA) is 47.6 Å². The van der Waals surface area contributed by atoms with Crippen LogP contribution in [-0.2, 0) is 16.1 Å². The quantitative estimate of drug-likeness (QED) is 0.752. The van der Waals surface area contributed by atoms with Gasteiger partial charge in [-0.05, 0) is 41.9 Å². The minimum absolute atomic E-state index is 0.254. The van der Waals surface area contributed by atoms with Crippen molar-refractivity contribution >= 4 is 37.8 Å². The summed E-state index contributed by atoms with van der Waals surface area (Å²) in [5, 5.41) is 3.12. The summed E-state index contributed by atoms with van der Waals surface area (Å²) in [7, 11) is 1.62. The number of hydrogen-bond donors (Lipinski definition) is 1. The van der Waals surface area contributed by atoms with Gasteiger partial charge in [0, 0.05) is 16.6 Å². The number of benzene rings is 1. The van der Waals surface area contributed by atoms with Crippen LogP contribution in [0, 0.1) is 0 Å². The Morgan fingerprint density at radius 2 is 2.11 bits per heavy atom. The fourth-order valence-corrected chi connectivity index (χ4v) is 3.06. The van der Waals surface area contributed by atoms with Crippen LogP contribution in [0.3, 0.4) is 0 Å². The van der Waals surface area contributed by atoms with Crippen LogP contribution in [0.5, 0.6) is 5.75 Å². The van der Waals surface area contributed by atoms with Gasteiger partial charge >= 0.3 is 5.97 Å². The van der Waals surface area contributed by atoms with E-state index in [0.717, 1.165) is 20.3 Å². The Kier molecular flexibility index (Phi) is 6.82. The second-order valence-electron chi connectivity index (χ2n) is 3.93. The van der Waals surface area contributed by atoms with E-state index in [1.165, 1.54) is 0 Å². The van der Waals surface area contributed by atoms with E-state index in [2.05, 4.69) is 37.2 Å². The average Bonchev–Trinajstić information content (AvgIpc) is 2.35. The largest absolute Gasteiger partial charge is 0.495 e. The number of carbonyl (C=O) groups is 1. The van der Waals surface area contributed by atoms with E-state index in [1.807, 2.05) is 12.1 Å². The SMILES string of the molecule is CCOC(=O)C(C)NCc1cc(Br)cc(Br)c1OC. The zero-order chi connectivity index (χ0) is 14.4. The maximum atomic E-state index is 11.5. The van der Waals surface area contributed by atoms with Gasteiger partial charge in [0.1, 0.15) is 11.8 Å². The van der Waals surface area contributed by atoms with Crippen molar-refractivity contribution in [3.05, 3.63) is 26.6 Å². The number of ether oxygens (including phenoxy) is 2. The van der Waals surface area contributed by atoms with Crippen molar-refractivity contribution in [2.24, 2.45) is 0 Å². The molecule has 19 heavy (non-hydrogen) atoms. The van der Waals surface area contributed by atoms with Crippen LogP contribution in [0.4, 0.5) is 0 Å². The van der Waals surface area contributed by atoms with Crippen molar-refractivity contribution in [3.63, 3.8) is 0 Å². The molecule has 0 bridgehead atoms. The third-order valence-electron chi connectivity index (χ3n) is 2.53. The first-order chi connectivity index (χ1) is 8.99. The molecule has 1 unspecified atom stereocenters. The summed E-state index contributed by atoms with van der Waals surface area (Å²) in [6.45, 7) is 4.47. The predicted octanol–water partition coefficient (Wildman–Crippen LogP) is 3.26. The Balaban J connectivity index is 2.74. The second-order valence-corrected chi connectivity index (χ2v) is 5.70. The lowest BCUT2D eigenvalue weighted by atomic mass is 10.2. The minimum Gasteiger partial charge on any atom is -0.495 e. The number of methoxy groups -OCH3 is 1. The first kappa shape index (κ1) is 16.5. The summed E-state index contributed by atoms with van der Waals surface area (Å²) in [6, 6.07) is 3.51. The van der Waals surface area contributed by atoms with Crippen LogP contribution in [0.1, 0.15) is 19.4 Å². The highest BCUT2D eigenvalue weighted by Crippen LogP contribution is 2.32. The lowest BCUT2D eigenvalue weighted by molar-refractivity contribution is -0.145. The average molecular weight is 395 g/mol. The van der Waals surface area contributed by atoms with Crippen molar-refractivity contribution in [2.75, 3.05) is 13.7 Å². The molecule has 0 spiro atoms. The predicted molar refractivity (Wildman–Crippen MR) is 81.3 cm³/mol. The Morgan fingerprint density at radius 1 is 1.42 bits per heavy atom. The van der Waals surface area contributed by atoms with Gasteiger partial charge in [-0.3, -0.25) is 4.79 Å². The van der Waals surface area contributed by atoms with Gasteiger partial charge in [0.2, 0.25) is 0 Å². The van der Waals surface area contributed by atoms with Crippen LogP contribution in [0.15, 0.2) is 21.1 Å². The van der Waals surface area contributed by atoms with E-state index in [4.69, 9.17) is 9.47 Å². The third-order valence-corrected chi connectivity index (χ3v) is 3.58. The number of halogens is 2. The smallest absolute Gasteiger partial charge is 0.322 e. The normalized spacial score (nSPS) is 12.1. The Labute approximate surface area is 130 Å². The Morgan fingerprint density at radius 3 is 2.68 bits per heavy atom. The van der Waals surface area contributed by atoms with Crippen LogP contribution in [-0.4, -0.2) is 25.7 Å². The van der Waals surface area contributed by atoms with E-state index in [0.29, 0.717) is 13.2 Å². The molecule has 0 aliphatic heterocycles. The molecule has 1 aromatic rings. The van der Waals surface area contributed by atoms with E-state index >= 15 is 0 Å². The zero-order valence-electron chi connectivity index (χ0n) is 11.1. The van der Waals surface area contributed by atoms with Gasteiger partial charge in [0.15, 0.2) is 0 Å². The Bertz CT molecular complexity index is 452. The van der Waals surface area contributed by atoms with Gasteiger partial charge in [-0.15, -0.1) is 0 Å². The molecule has 0 heterocycles. The molecule has 1 N–H and O–H groups in total. The molecule has 0 amide bonds. The van der Waals surface area contributed by atoms with Crippen molar-refractivity contribution in [3.8, 4) is 5.75 Å². The maximum Gasteiger partial charge on any atom is 0.322 e. The molecule has 4 nitrogen and oxygen atoms in total. The van der Waals surface area contributed by atoms with Crippen molar-refractivity contribution in [1.29, 1.82) is 0 Å². The van der Waals surface area contributed by atoms with Crippen LogP contribution in [0.25, 0.3) is 0 Å². The summed E-state index contributed by atoms with van der Waals surface area (Å²) >= 11 is 6.88. The molecule has 0 saturated heterocycles. The third kappa shape index (κ3) is 4.78. The zero-order valence-corrected chi connectivity index (χ0v) is 14.3. The second kappa shape index (κ2) is 7.87. The molecule has 1 rings (SSSR count). The fraction of sp³-hybridized carbons (Fsp3) is 0.462. The van der Waals surface area contributed by atoms with Crippen molar-refractivity contribution in [2.45, 2.75) is 26.4 Å². The molecule has 1 aromatic carbocycles. The summed E-state index contributed by atoms with van der Waals surface area (Å²) < 4.78 is 12.1. The van der Waals surface area contributed by atoms with E-state index in [1.54, 1.807) is 21.0 Å². The molecule has 6 heteroatoms. The lowest BCUT2D eigenvalue weighted by Crippen LogP contribution is -2.35. The molecule has 0 saturated carbocycles. The van der Waals surface area contributed by atoms with E-state index in [9.17, 15) is 4.79 Å². The molecule has 0 aliphatic carbocycles. The minimum atomic E-state index is -0.359. The molecular formula is C13H17Br2NO3. The highest BCUT2D eigenvalue weighted by atomic mass is 79.9. The van der Waals surface area contributed by atoms with Gasteiger partial charge in [-0.2, -0.15) is 0 Å². The van der Waals surface area contributed by atoms with Crippen molar-refractivity contribution < 1.29 is 14.3 Å². The van der Waals surface area contributed by atoms with E-state index < -0.39 is 0 Å². The maximum absolute atomic E-state index is 11.5. The van der Waals surface area contributed by atoms with Gasteiger partial charge < -0.3 is 14.8 Å². The number of hydrogen-bond acceptors (Lipinski definition) is 4. The number of esters is 1. The van der Waals surface area contributed by atoms with Crippen LogP contribution in [0.2, 0.25) is 0 Å². The molecular weight excluding hydrogens is 378 g/mol. The highest BCUT2D eigenvalue weighted by Gasteiger charge is 2.15. The molecule has 0 aliphatic rings. The summed E-state index contributed by atoms with van der Waals surface area (Å²) in [5.74, 6) is 0.502. The van der Waals surface area contributed by atoms with Crippen molar-refractivity contribution in [1.82, 2.24) is 5.32 Å². The summed E-state index contributed by atoms with van der Waals surface area (Å²) in [6.07, 6.45) is 0. The Hall–Kier alpha value is -0.590. The first-order valence-corrected chi connectivity index (χ1v) is 7.50. The van der Waals surface area contributed by atoms with Gasteiger partial charge in [-0.25, -0.2) is 0 Å². The molecule has 0 aromatic heterocycles. The number of nitrogens with one attached hydrogen (secondary N) is 1. The lowest BCUT2D eigenvalue weighted by Gasteiger charge is -2.15. The molecule has 1 atom stereocenters. The number of rotatable bonds is 6. The summed E-state index contributed by atoms with van der Waals surface area (Å²) in [5.41, 5.74) is 0.958. The molecule has 0 radical (unpaired) electrons. The van der Waals surface area contributed by atoms with Gasteiger partial charge in [0.25, 0.3) is 0 Å². The van der Waals surface area contributed by atoms with Crippen LogP contribution < -0.4 is 10.1 Å². The monoisotopic (exact) mass is 393 g/mol. The van der Waals surface area contributed by atoms with Gasteiger partial charge in [0.05, 0.1) is 18.2 Å². The highest BCUT2D eigenvalue weighted by molar-refractivity contribution is 9.11. The van der Waals surface area contributed by atoms with Crippen LogP contribution >= 0.6 is 31.9 Å². The number of carbonyl (C=O) groups excluding carboxylic acids is 1. The van der Waals surface area contributed by atoms with Gasteiger partial charge in [-0.1, -0.05) is 15.9 Å². The molecule has 106 valence electrons. The first-order valence-electron chi connectivity index (χ1n) is 5.91. The fourth-order valence-electron chi connectivity index (χ4n) is 1.59. The summed E-state index contributed by atoms with van der Waals surface area (Å²) in [4.78, 5) is 11.5. The molecule has 0 fully saturated rings. The standard InChI is InChI=1S/C13H17Br2NO3/c1-4-19-13(17)8(2)16-7-9-5-10(14)6-11(15)12(9)18-3/h5-6,8,16H,4,7H2,1-3H3.